The molecule has 40 heavy (non-hydrogen) atoms. The van der Waals surface area contributed by atoms with Crippen molar-refractivity contribution in [3.8, 4) is 23.0 Å². The lowest BCUT2D eigenvalue weighted by Gasteiger charge is -2.06. The highest BCUT2D eigenvalue weighted by Crippen LogP contribution is 2.48. The smallest absolute Gasteiger partial charge is 0.162 e. The maximum absolute atomic E-state index is 5.42. The van der Waals surface area contributed by atoms with Gasteiger partial charge >= 0.3 is 0 Å². The van der Waals surface area contributed by atoms with Crippen LogP contribution in [0.25, 0.3) is 59.1 Å². The van der Waals surface area contributed by atoms with Gasteiger partial charge < -0.3 is 18.9 Å². The molecule has 0 aliphatic rings. The predicted octanol–water partition coefficient (Wildman–Crippen LogP) is 10.6. The van der Waals surface area contributed by atoms with Gasteiger partial charge in [-0.2, -0.15) is 0 Å². The molecule has 8 aromatic rings. The Labute approximate surface area is 246 Å². The summed E-state index contributed by atoms with van der Waals surface area (Å²) in [6.45, 7) is 0. The van der Waals surface area contributed by atoms with E-state index >= 15 is 0 Å². The van der Waals surface area contributed by atoms with Crippen LogP contribution < -0.4 is 18.9 Å². The summed E-state index contributed by atoms with van der Waals surface area (Å²) >= 11 is 7.33. The van der Waals surface area contributed by atoms with Gasteiger partial charge in [-0.05, 0) is 24.3 Å². The van der Waals surface area contributed by atoms with Crippen molar-refractivity contribution in [2.45, 2.75) is 0 Å². The minimum atomic E-state index is 0.789. The van der Waals surface area contributed by atoms with Crippen LogP contribution in [0, 0.1) is 0 Å². The minimum absolute atomic E-state index is 0.789. The highest BCUT2D eigenvalue weighted by Gasteiger charge is 2.16. The van der Waals surface area contributed by atoms with E-state index in [4.69, 9.17) is 18.9 Å². The van der Waals surface area contributed by atoms with Crippen LogP contribution in [0.2, 0.25) is 0 Å². The quantitative estimate of drug-likeness (QED) is 0.201. The molecule has 4 nitrogen and oxygen atoms in total. The third kappa shape index (κ3) is 3.97. The molecule has 0 amide bonds. The van der Waals surface area contributed by atoms with Crippen molar-refractivity contribution in [1.29, 1.82) is 0 Å². The average molecular weight is 601 g/mol. The van der Waals surface area contributed by atoms with Crippen LogP contribution in [0.1, 0.15) is 0 Å². The van der Waals surface area contributed by atoms with E-state index in [0.29, 0.717) is 0 Å². The predicted molar refractivity (Wildman–Crippen MR) is 176 cm³/mol. The molecule has 0 saturated carbocycles. The second-order valence-electron chi connectivity index (χ2n) is 9.12. The second-order valence-corrected chi connectivity index (χ2v) is 13.3. The van der Waals surface area contributed by atoms with Crippen LogP contribution in [0.5, 0.6) is 23.0 Å². The van der Waals surface area contributed by atoms with Crippen LogP contribution in [0.4, 0.5) is 0 Å². The number of hydrogen-bond donors (Lipinski definition) is 0. The van der Waals surface area contributed by atoms with Crippen molar-refractivity contribution in [3.63, 3.8) is 0 Å². The summed E-state index contributed by atoms with van der Waals surface area (Å²) in [6.07, 6.45) is 0. The van der Waals surface area contributed by atoms with Crippen molar-refractivity contribution in [1.82, 2.24) is 0 Å². The standard InChI is InChI=1S/2C16H12O2S2/c2*1-17-11-7-10-14(8-12(11)18-2)20-15-9-5-3-4-6-13(9)19-16(10)15/h2*3-8H,1-2H3. The molecule has 8 rings (SSSR count). The zero-order valence-electron chi connectivity index (χ0n) is 22.2. The van der Waals surface area contributed by atoms with Crippen molar-refractivity contribution in [2.75, 3.05) is 28.4 Å². The second kappa shape index (κ2) is 10.1. The first-order valence-corrected chi connectivity index (χ1v) is 15.8. The maximum atomic E-state index is 5.42. The van der Waals surface area contributed by atoms with Gasteiger partial charge in [0.15, 0.2) is 23.0 Å². The summed E-state index contributed by atoms with van der Waals surface area (Å²) < 4.78 is 32.2. The van der Waals surface area contributed by atoms with Gasteiger partial charge in [-0.25, -0.2) is 0 Å². The van der Waals surface area contributed by atoms with Gasteiger partial charge in [-0.15, -0.1) is 45.3 Å². The molecular weight excluding hydrogens is 577 g/mol. The molecule has 0 bridgehead atoms. The first-order chi connectivity index (χ1) is 19.6. The Morgan fingerprint density at radius 1 is 0.375 bits per heavy atom. The molecule has 4 aromatic heterocycles. The first-order valence-electron chi connectivity index (χ1n) is 12.5. The lowest BCUT2D eigenvalue weighted by Crippen LogP contribution is -1.89. The minimum Gasteiger partial charge on any atom is -0.493 e. The van der Waals surface area contributed by atoms with Crippen LogP contribution in [-0.4, -0.2) is 28.4 Å². The number of benzene rings is 4. The Hall–Kier alpha value is -3.56. The Balaban J connectivity index is 0.000000132. The lowest BCUT2D eigenvalue weighted by molar-refractivity contribution is 0.356. The van der Waals surface area contributed by atoms with E-state index in [9.17, 15) is 0 Å². The lowest BCUT2D eigenvalue weighted by atomic mass is 10.2. The Morgan fingerprint density at radius 3 is 1.10 bits per heavy atom. The number of fused-ring (bicyclic) bond motifs is 10. The summed E-state index contributed by atoms with van der Waals surface area (Å²) in [5, 5.41) is 5.19. The van der Waals surface area contributed by atoms with Crippen LogP contribution in [0.15, 0.2) is 72.8 Å². The Bertz CT molecular complexity index is 2020. The Kier molecular flexibility index (Phi) is 6.43. The fourth-order valence-corrected chi connectivity index (χ4v) is 10.4. The third-order valence-corrected chi connectivity index (χ3v) is 12.0. The summed E-state index contributed by atoms with van der Waals surface area (Å²) in [6, 6.07) is 25.4. The molecule has 0 aliphatic heterocycles. The van der Waals surface area contributed by atoms with Crippen molar-refractivity contribution < 1.29 is 18.9 Å². The molecule has 0 radical (unpaired) electrons. The largest absolute Gasteiger partial charge is 0.493 e. The zero-order valence-corrected chi connectivity index (χ0v) is 25.5. The maximum Gasteiger partial charge on any atom is 0.162 e. The third-order valence-electron chi connectivity index (χ3n) is 6.98. The van der Waals surface area contributed by atoms with E-state index in [1.807, 2.05) is 45.3 Å². The van der Waals surface area contributed by atoms with E-state index in [1.54, 1.807) is 28.4 Å². The van der Waals surface area contributed by atoms with Crippen molar-refractivity contribution in [2.24, 2.45) is 0 Å². The molecule has 0 atom stereocenters. The molecule has 0 fully saturated rings. The van der Waals surface area contributed by atoms with Crippen LogP contribution in [0.3, 0.4) is 0 Å². The van der Waals surface area contributed by atoms with Crippen LogP contribution in [-0.2, 0) is 0 Å². The van der Waals surface area contributed by atoms with Gasteiger partial charge in [0, 0.05) is 52.5 Å². The van der Waals surface area contributed by atoms with E-state index < -0.39 is 0 Å². The molecule has 200 valence electrons. The van der Waals surface area contributed by atoms with Gasteiger partial charge in [-0.3, -0.25) is 0 Å². The number of hydrogen-bond acceptors (Lipinski definition) is 8. The summed E-state index contributed by atoms with van der Waals surface area (Å²) in [7, 11) is 6.71. The van der Waals surface area contributed by atoms with Crippen molar-refractivity contribution in [3.05, 3.63) is 72.8 Å². The van der Waals surface area contributed by atoms with Crippen LogP contribution >= 0.6 is 45.3 Å². The molecule has 0 saturated heterocycles. The van der Waals surface area contributed by atoms with Gasteiger partial charge in [0.2, 0.25) is 0 Å². The van der Waals surface area contributed by atoms with Gasteiger partial charge in [0.25, 0.3) is 0 Å². The number of ether oxygens (including phenoxy) is 4. The highest BCUT2D eigenvalue weighted by atomic mass is 32.1. The molecule has 8 heteroatoms. The van der Waals surface area contributed by atoms with E-state index in [-0.39, 0.29) is 0 Å². The molecule has 4 heterocycles. The summed E-state index contributed by atoms with van der Waals surface area (Å²) in [4.78, 5) is 0. The SMILES string of the molecule is COc1cc2sc3c4ccccc4sc3c2cc1OC.COc1cc2sc3c4ccccc4sc3c2cc1OC. The monoisotopic (exact) mass is 600 g/mol. The zero-order chi connectivity index (χ0) is 27.4. The normalized spacial score (nSPS) is 11.5. The van der Waals surface area contributed by atoms with Gasteiger partial charge in [-0.1, -0.05) is 36.4 Å². The van der Waals surface area contributed by atoms with E-state index in [0.717, 1.165) is 23.0 Å². The molecule has 0 aliphatic carbocycles. The molecule has 4 aromatic carbocycles. The number of thiophene rings is 4. The van der Waals surface area contributed by atoms with Crippen molar-refractivity contribution >= 4 is 104 Å². The summed E-state index contributed by atoms with van der Waals surface area (Å²) in [5.41, 5.74) is 0. The topological polar surface area (TPSA) is 36.9 Å². The average Bonchev–Trinajstić information content (AvgIpc) is 3.73. The first kappa shape index (κ1) is 25.4. The number of rotatable bonds is 4. The van der Waals surface area contributed by atoms with Gasteiger partial charge in [0.05, 0.1) is 47.2 Å². The Morgan fingerprint density at radius 2 is 0.700 bits per heavy atom. The molecular formula is C32H24O4S4. The fourth-order valence-electron chi connectivity index (χ4n) is 5.07. The van der Waals surface area contributed by atoms with E-state index in [2.05, 4.69) is 72.8 Å². The molecule has 0 unspecified atom stereocenters. The molecule has 0 spiro atoms. The summed E-state index contributed by atoms with van der Waals surface area (Å²) in [5.74, 6) is 3.16. The molecule has 0 N–H and O–H groups in total. The van der Waals surface area contributed by atoms with E-state index in [1.165, 1.54) is 59.1 Å². The number of methoxy groups -OCH3 is 4. The van der Waals surface area contributed by atoms with Gasteiger partial charge in [0.1, 0.15) is 0 Å². The fraction of sp³-hybridized carbons (Fsp3) is 0.125. The highest BCUT2D eigenvalue weighted by molar-refractivity contribution is 7.37.